The molecule has 0 atom stereocenters. The Bertz CT molecular complexity index is 466. The topological polar surface area (TPSA) is 98.5 Å². The van der Waals surface area contributed by atoms with Crippen LogP contribution in [0.4, 0.5) is 0 Å². The first-order valence-electron chi connectivity index (χ1n) is 4.30. The Morgan fingerprint density at radius 1 is 1.56 bits per heavy atom. The Morgan fingerprint density at radius 3 is 2.75 bits per heavy atom. The SMILES string of the molecule is COCC(=O)NCc1ccc(S(N)(=O)=O)s1. The molecule has 1 aromatic rings. The largest absolute Gasteiger partial charge is 0.375 e. The minimum Gasteiger partial charge on any atom is -0.375 e. The van der Waals surface area contributed by atoms with Gasteiger partial charge >= 0.3 is 0 Å². The molecular weight excluding hydrogens is 252 g/mol. The highest BCUT2D eigenvalue weighted by Crippen LogP contribution is 2.19. The quantitative estimate of drug-likeness (QED) is 0.760. The number of nitrogens with two attached hydrogens (primary N) is 1. The highest BCUT2D eigenvalue weighted by Gasteiger charge is 2.11. The smallest absolute Gasteiger partial charge is 0.247 e. The van der Waals surface area contributed by atoms with Crippen LogP contribution in [0.2, 0.25) is 0 Å². The predicted molar refractivity (Wildman–Crippen MR) is 59.4 cm³/mol. The van der Waals surface area contributed by atoms with Crippen molar-refractivity contribution in [2.75, 3.05) is 13.7 Å². The number of amides is 1. The molecule has 0 saturated carbocycles. The first kappa shape index (κ1) is 13.1. The molecule has 1 amide bonds. The third kappa shape index (κ3) is 3.89. The van der Waals surface area contributed by atoms with Crippen LogP contribution in [0.3, 0.4) is 0 Å². The molecule has 0 aliphatic carbocycles. The molecule has 8 heteroatoms. The summed E-state index contributed by atoms with van der Waals surface area (Å²) in [5.74, 6) is -0.256. The highest BCUT2D eigenvalue weighted by molar-refractivity contribution is 7.91. The molecule has 0 spiro atoms. The van der Waals surface area contributed by atoms with Gasteiger partial charge in [0.25, 0.3) is 0 Å². The van der Waals surface area contributed by atoms with Crippen LogP contribution in [0.5, 0.6) is 0 Å². The molecule has 0 saturated heterocycles. The summed E-state index contributed by atoms with van der Waals surface area (Å²) in [4.78, 5) is 11.8. The minimum absolute atomic E-state index is 0.0204. The van der Waals surface area contributed by atoms with Crippen molar-refractivity contribution in [3.8, 4) is 0 Å². The van der Waals surface area contributed by atoms with E-state index in [2.05, 4.69) is 10.1 Å². The Morgan fingerprint density at radius 2 is 2.25 bits per heavy atom. The van der Waals surface area contributed by atoms with E-state index in [4.69, 9.17) is 5.14 Å². The third-order valence-electron chi connectivity index (χ3n) is 1.65. The fourth-order valence-electron chi connectivity index (χ4n) is 0.974. The van der Waals surface area contributed by atoms with E-state index in [1.165, 1.54) is 13.2 Å². The van der Waals surface area contributed by atoms with E-state index < -0.39 is 10.0 Å². The lowest BCUT2D eigenvalue weighted by Crippen LogP contribution is -2.26. The van der Waals surface area contributed by atoms with Crippen molar-refractivity contribution in [3.05, 3.63) is 17.0 Å². The first-order chi connectivity index (χ1) is 7.43. The maximum Gasteiger partial charge on any atom is 0.247 e. The lowest BCUT2D eigenvalue weighted by Gasteiger charge is -2.01. The zero-order chi connectivity index (χ0) is 12.2. The van der Waals surface area contributed by atoms with Gasteiger partial charge in [-0.15, -0.1) is 11.3 Å². The molecule has 1 aromatic heterocycles. The van der Waals surface area contributed by atoms with E-state index in [0.717, 1.165) is 11.3 Å². The normalized spacial score (nSPS) is 11.4. The van der Waals surface area contributed by atoms with Gasteiger partial charge in [-0.3, -0.25) is 4.79 Å². The van der Waals surface area contributed by atoms with Gasteiger partial charge in [0.2, 0.25) is 15.9 Å². The number of carbonyl (C=O) groups excluding carboxylic acids is 1. The average Bonchev–Trinajstić information content (AvgIpc) is 2.63. The second-order valence-electron chi connectivity index (χ2n) is 2.98. The maximum absolute atomic E-state index is 11.0. The van der Waals surface area contributed by atoms with Crippen molar-refractivity contribution in [2.45, 2.75) is 10.8 Å². The van der Waals surface area contributed by atoms with Crippen LogP contribution in [-0.2, 0) is 26.1 Å². The zero-order valence-corrected chi connectivity index (χ0v) is 10.2. The highest BCUT2D eigenvalue weighted by atomic mass is 32.2. The van der Waals surface area contributed by atoms with Crippen molar-refractivity contribution < 1.29 is 17.9 Å². The van der Waals surface area contributed by atoms with E-state index in [0.29, 0.717) is 4.88 Å². The summed E-state index contributed by atoms with van der Waals surface area (Å²) in [6, 6.07) is 3.02. The molecule has 1 rings (SSSR count). The van der Waals surface area contributed by atoms with E-state index in [-0.39, 0.29) is 23.3 Å². The number of nitrogens with one attached hydrogen (secondary N) is 1. The molecule has 0 bridgehead atoms. The van der Waals surface area contributed by atoms with Gasteiger partial charge in [-0.25, -0.2) is 13.6 Å². The average molecular weight is 264 g/mol. The number of hydrogen-bond acceptors (Lipinski definition) is 5. The van der Waals surface area contributed by atoms with Crippen LogP contribution in [0.1, 0.15) is 4.88 Å². The second-order valence-corrected chi connectivity index (χ2v) is 5.93. The summed E-state index contributed by atoms with van der Waals surface area (Å²) in [6.45, 7) is 0.246. The molecule has 16 heavy (non-hydrogen) atoms. The van der Waals surface area contributed by atoms with Crippen molar-refractivity contribution in [2.24, 2.45) is 5.14 Å². The van der Waals surface area contributed by atoms with Crippen molar-refractivity contribution in [1.29, 1.82) is 0 Å². The van der Waals surface area contributed by atoms with Gasteiger partial charge in [0.1, 0.15) is 10.8 Å². The van der Waals surface area contributed by atoms with Crippen LogP contribution in [0.15, 0.2) is 16.3 Å². The lowest BCUT2D eigenvalue weighted by atomic mass is 10.4. The van der Waals surface area contributed by atoms with Crippen LogP contribution in [0.25, 0.3) is 0 Å². The Labute approximate surface area is 97.5 Å². The van der Waals surface area contributed by atoms with Crippen LogP contribution >= 0.6 is 11.3 Å². The summed E-state index contributed by atoms with van der Waals surface area (Å²) in [5, 5.41) is 7.52. The molecule has 3 N–H and O–H groups in total. The summed E-state index contributed by atoms with van der Waals surface area (Å²) in [5.41, 5.74) is 0. The Kier molecular flexibility index (Phi) is 4.42. The summed E-state index contributed by atoms with van der Waals surface area (Å²) >= 11 is 1.03. The van der Waals surface area contributed by atoms with Crippen LogP contribution in [0, 0.1) is 0 Å². The predicted octanol–water partition coefficient (Wildman–Crippen LogP) is -0.342. The maximum atomic E-state index is 11.0. The number of sulfonamides is 1. The molecule has 0 aliphatic rings. The molecule has 0 fully saturated rings. The molecule has 0 aromatic carbocycles. The number of hydrogen-bond donors (Lipinski definition) is 2. The van der Waals surface area contributed by atoms with Crippen molar-refractivity contribution in [3.63, 3.8) is 0 Å². The molecule has 1 heterocycles. The van der Waals surface area contributed by atoms with E-state index in [1.807, 2.05) is 0 Å². The molecule has 6 nitrogen and oxygen atoms in total. The molecule has 90 valence electrons. The second kappa shape index (κ2) is 5.39. The van der Waals surface area contributed by atoms with Crippen molar-refractivity contribution in [1.82, 2.24) is 5.32 Å². The molecule has 0 unspecified atom stereocenters. The summed E-state index contributed by atoms with van der Waals surface area (Å²) < 4.78 is 26.6. The van der Waals surface area contributed by atoms with Gasteiger partial charge in [-0.1, -0.05) is 0 Å². The van der Waals surface area contributed by atoms with Gasteiger partial charge in [0, 0.05) is 12.0 Å². The number of methoxy groups -OCH3 is 1. The van der Waals surface area contributed by atoms with E-state index >= 15 is 0 Å². The fraction of sp³-hybridized carbons (Fsp3) is 0.375. The number of rotatable bonds is 5. The van der Waals surface area contributed by atoms with E-state index in [1.54, 1.807) is 6.07 Å². The van der Waals surface area contributed by atoms with Crippen LogP contribution in [-0.4, -0.2) is 28.0 Å². The summed E-state index contributed by atoms with van der Waals surface area (Å²) in [6.07, 6.45) is 0. The standard InChI is InChI=1S/C8H12N2O4S2/c1-14-5-7(11)10-4-6-2-3-8(15-6)16(9,12)13/h2-3H,4-5H2,1H3,(H,10,11)(H2,9,12,13). The van der Waals surface area contributed by atoms with Gasteiger partial charge in [-0.05, 0) is 12.1 Å². The monoisotopic (exact) mass is 264 g/mol. The molecule has 0 aliphatic heterocycles. The number of carbonyl (C=O) groups is 1. The van der Waals surface area contributed by atoms with E-state index in [9.17, 15) is 13.2 Å². The molecule has 0 radical (unpaired) electrons. The van der Waals surface area contributed by atoms with Crippen molar-refractivity contribution >= 4 is 27.3 Å². The Hall–Kier alpha value is -0.960. The van der Waals surface area contributed by atoms with Gasteiger partial charge < -0.3 is 10.1 Å². The molecular formula is C8H12N2O4S2. The van der Waals surface area contributed by atoms with Gasteiger partial charge in [0.15, 0.2) is 0 Å². The minimum atomic E-state index is -3.65. The fourth-order valence-corrected chi connectivity index (χ4v) is 2.69. The number of ether oxygens (including phenoxy) is 1. The van der Waals surface area contributed by atoms with Crippen LogP contribution < -0.4 is 10.5 Å². The van der Waals surface area contributed by atoms with Gasteiger partial charge in [-0.2, -0.15) is 0 Å². The first-order valence-corrected chi connectivity index (χ1v) is 6.67. The Balaban J connectivity index is 2.57. The lowest BCUT2D eigenvalue weighted by molar-refractivity contribution is -0.124. The summed E-state index contributed by atoms with van der Waals surface area (Å²) in [7, 11) is -2.23. The van der Waals surface area contributed by atoms with Gasteiger partial charge in [0.05, 0.1) is 6.54 Å². The zero-order valence-electron chi connectivity index (χ0n) is 8.60. The third-order valence-corrected chi connectivity index (χ3v) is 4.18. The number of primary sulfonamides is 1. The number of thiophene rings is 1.